The Balaban J connectivity index is 1.58. The van der Waals surface area contributed by atoms with Gasteiger partial charge in [-0.15, -0.1) is 0 Å². The fourth-order valence-electron chi connectivity index (χ4n) is 3.48. The Bertz CT molecular complexity index is 774. The minimum absolute atomic E-state index is 0.129. The van der Waals surface area contributed by atoms with Gasteiger partial charge in [-0.2, -0.15) is 0 Å². The molecule has 3 aliphatic heterocycles. The van der Waals surface area contributed by atoms with Crippen molar-refractivity contribution in [1.82, 2.24) is 5.32 Å². The summed E-state index contributed by atoms with van der Waals surface area (Å²) in [5.41, 5.74) is 3.74. The van der Waals surface area contributed by atoms with Crippen LogP contribution in [0.4, 0.5) is 0 Å². The Labute approximate surface area is 134 Å². The number of hydrogen-bond donors (Lipinski definition) is 1. The van der Waals surface area contributed by atoms with Gasteiger partial charge in [-0.1, -0.05) is 6.07 Å². The zero-order valence-electron chi connectivity index (χ0n) is 12.6. The topological polar surface area (TPSA) is 49.0 Å². The Hall–Kier alpha value is -2.40. The summed E-state index contributed by atoms with van der Waals surface area (Å²) < 4.78 is 22.4. The van der Waals surface area contributed by atoms with Crippen molar-refractivity contribution in [2.45, 2.75) is 12.5 Å². The predicted molar refractivity (Wildman–Crippen MR) is 83.5 cm³/mol. The normalized spacial score (nSPS) is 21.0. The highest BCUT2D eigenvalue weighted by molar-refractivity contribution is 5.54. The lowest BCUT2D eigenvalue weighted by Gasteiger charge is -2.30. The van der Waals surface area contributed by atoms with E-state index in [4.69, 9.17) is 18.9 Å². The van der Waals surface area contributed by atoms with Crippen LogP contribution in [0.3, 0.4) is 0 Å². The first-order valence-corrected chi connectivity index (χ1v) is 7.94. The molecule has 1 atom stereocenters. The first kappa shape index (κ1) is 13.1. The van der Waals surface area contributed by atoms with E-state index in [2.05, 4.69) is 29.6 Å². The summed E-state index contributed by atoms with van der Waals surface area (Å²) in [6, 6.07) is 10.5. The highest BCUT2D eigenvalue weighted by Gasteiger charge is 2.26. The molecule has 0 aliphatic carbocycles. The molecule has 5 nitrogen and oxygen atoms in total. The molecule has 1 N–H and O–H groups in total. The maximum Gasteiger partial charge on any atom is 0.231 e. The van der Waals surface area contributed by atoms with Crippen LogP contribution < -0.4 is 24.3 Å². The molecule has 0 spiro atoms. The van der Waals surface area contributed by atoms with Crippen LogP contribution in [-0.2, 0) is 6.42 Å². The largest absolute Gasteiger partial charge is 0.486 e. The number of ether oxygens (including phenoxy) is 4. The molecule has 5 heteroatoms. The van der Waals surface area contributed by atoms with E-state index in [-0.39, 0.29) is 6.04 Å². The minimum atomic E-state index is 0.129. The second-order valence-corrected chi connectivity index (χ2v) is 5.94. The quantitative estimate of drug-likeness (QED) is 0.876. The SMILES string of the molecule is c1cc2c(cc1C1NCCc3cc4c(cc31)OCCO4)OCO2. The average Bonchev–Trinajstić information content (AvgIpc) is 3.07. The molecule has 0 fully saturated rings. The zero-order chi connectivity index (χ0) is 15.2. The second kappa shape index (κ2) is 5.06. The Kier molecular flexibility index (Phi) is 2.88. The van der Waals surface area contributed by atoms with Gasteiger partial charge in [-0.25, -0.2) is 0 Å². The molecule has 0 aromatic heterocycles. The first-order chi connectivity index (χ1) is 11.4. The van der Waals surface area contributed by atoms with Crippen molar-refractivity contribution in [3.63, 3.8) is 0 Å². The molecule has 0 saturated heterocycles. The molecule has 2 aromatic rings. The highest BCUT2D eigenvalue weighted by atomic mass is 16.7. The van der Waals surface area contributed by atoms with Gasteiger partial charge < -0.3 is 24.3 Å². The van der Waals surface area contributed by atoms with Crippen molar-refractivity contribution in [3.05, 3.63) is 47.0 Å². The van der Waals surface area contributed by atoms with Gasteiger partial charge in [0.1, 0.15) is 13.2 Å². The Morgan fingerprint density at radius 2 is 1.61 bits per heavy atom. The third-order valence-corrected chi connectivity index (χ3v) is 4.59. The van der Waals surface area contributed by atoms with E-state index in [1.807, 2.05) is 6.07 Å². The molecular weight excluding hydrogens is 294 g/mol. The van der Waals surface area contributed by atoms with Crippen molar-refractivity contribution < 1.29 is 18.9 Å². The molecule has 5 rings (SSSR count). The van der Waals surface area contributed by atoms with E-state index < -0.39 is 0 Å². The van der Waals surface area contributed by atoms with Crippen molar-refractivity contribution in [2.75, 3.05) is 26.6 Å². The van der Waals surface area contributed by atoms with Crippen LogP contribution in [0.1, 0.15) is 22.7 Å². The van der Waals surface area contributed by atoms with E-state index in [1.165, 1.54) is 16.7 Å². The zero-order valence-corrected chi connectivity index (χ0v) is 12.6. The molecule has 3 heterocycles. The minimum Gasteiger partial charge on any atom is -0.486 e. The van der Waals surface area contributed by atoms with Crippen LogP contribution >= 0.6 is 0 Å². The molecule has 118 valence electrons. The lowest BCUT2D eigenvalue weighted by Crippen LogP contribution is -2.31. The van der Waals surface area contributed by atoms with Crippen molar-refractivity contribution in [3.8, 4) is 23.0 Å². The smallest absolute Gasteiger partial charge is 0.231 e. The Morgan fingerprint density at radius 1 is 0.826 bits per heavy atom. The van der Waals surface area contributed by atoms with E-state index in [9.17, 15) is 0 Å². The standard InChI is InChI=1S/C18H17NO4/c1-2-14-15(23-10-22-14)8-12(1)18-13-9-17-16(20-5-6-21-17)7-11(13)3-4-19-18/h1-2,7-9,18-19H,3-6,10H2. The van der Waals surface area contributed by atoms with Gasteiger partial charge in [0.25, 0.3) is 0 Å². The maximum atomic E-state index is 5.75. The average molecular weight is 311 g/mol. The van der Waals surface area contributed by atoms with Crippen molar-refractivity contribution in [2.24, 2.45) is 0 Å². The number of benzene rings is 2. The maximum absolute atomic E-state index is 5.75. The molecule has 0 radical (unpaired) electrons. The van der Waals surface area contributed by atoms with Crippen LogP contribution in [0.5, 0.6) is 23.0 Å². The van der Waals surface area contributed by atoms with E-state index in [1.54, 1.807) is 0 Å². The monoisotopic (exact) mass is 311 g/mol. The summed E-state index contributed by atoms with van der Waals surface area (Å²) in [5.74, 6) is 3.33. The van der Waals surface area contributed by atoms with Crippen LogP contribution in [0.15, 0.2) is 30.3 Å². The van der Waals surface area contributed by atoms with Gasteiger partial charge in [-0.05, 0) is 47.4 Å². The van der Waals surface area contributed by atoms with E-state index in [0.717, 1.165) is 36.0 Å². The first-order valence-electron chi connectivity index (χ1n) is 7.94. The summed E-state index contributed by atoms with van der Waals surface area (Å²) in [6.45, 7) is 2.46. The molecule has 0 bridgehead atoms. The summed E-state index contributed by atoms with van der Waals surface area (Å²) in [6.07, 6.45) is 0.993. The Morgan fingerprint density at radius 3 is 2.52 bits per heavy atom. The number of rotatable bonds is 1. The number of fused-ring (bicyclic) bond motifs is 3. The van der Waals surface area contributed by atoms with E-state index >= 15 is 0 Å². The summed E-state index contributed by atoms with van der Waals surface area (Å²) in [4.78, 5) is 0. The van der Waals surface area contributed by atoms with Gasteiger partial charge in [0.2, 0.25) is 6.79 Å². The fraction of sp³-hybridized carbons (Fsp3) is 0.333. The molecular formula is C18H17NO4. The van der Waals surface area contributed by atoms with Gasteiger partial charge >= 0.3 is 0 Å². The van der Waals surface area contributed by atoms with Gasteiger partial charge in [0.15, 0.2) is 23.0 Å². The fourth-order valence-corrected chi connectivity index (χ4v) is 3.48. The third-order valence-electron chi connectivity index (χ3n) is 4.59. The lowest BCUT2D eigenvalue weighted by atomic mass is 9.89. The molecule has 0 saturated carbocycles. The van der Waals surface area contributed by atoms with Crippen molar-refractivity contribution >= 4 is 0 Å². The number of nitrogens with one attached hydrogen (secondary N) is 1. The van der Waals surface area contributed by atoms with Gasteiger partial charge in [0.05, 0.1) is 6.04 Å². The van der Waals surface area contributed by atoms with E-state index in [0.29, 0.717) is 20.0 Å². The highest BCUT2D eigenvalue weighted by Crippen LogP contribution is 2.41. The summed E-state index contributed by atoms with van der Waals surface area (Å²) in [7, 11) is 0. The molecule has 0 amide bonds. The van der Waals surface area contributed by atoms with Gasteiger partial charge in [-0.3, -0.25) is 0 Å². The molecule has 1 unspecified atom stereocenters. The van der Waals surface area contributed by atoms with Crippen LogP contribution in [-0.4, -0.2) is 26.6 Å². The predicted octanol–water partition coefficient (Wildman–Crippen LogP) is 2.42. The van der Waals surface area contributed by atoms with Gasteiger partial charge in [0, 0.05) is 6.54 Å². The second-order valence-electron chi connectivity index (χ2n) is 5.94. The molecule has 2 aromatic carbocycles. The van der Waals surface area contributed by atoms with Crippen LogP contribution in [0.25, 0.3) is 0 Å². The number of hydrogen-bond acceptors (Lipinski definition) is 5. The van der Waals surface area contributed by atoms with Crippen LogP contribution in [0, 0.1) is 0 Å². The molecule has 3 aliphatic rings. The van der Waals surface area contributed by atoms with Crippen LogP contribution in [0.2, 0.25) is 0 Å². The lowest BCUT2D eigenvalue weighted by molar-refractivity contribution is 0.171. The summed E-state index contributed by atoms with van der Waals surface area (Å²) >= 11 is 0. The third kappa shape index (κ3) is 2.11. The summed E-state index contributed by atoms with van der Waals surface area (Å²) in [5, 5.41) is 3.60. The van der Waals surface area contributed by atoms with Crippen molar-refractivity contribution in [1.29, 1.82) is 0 Å². The molecule has 23 heavy (non-hydrogen) atoms.